The van der Waals surface area contributed by atoms with Crippen LogP contribution in [0.3, 0.4) is 0 Å². The molecule has 1 N–H and O–H groups in total. The summed E-state index contributed by atoms with van der Waals surface area (Å²) in [6.45, 7) is 4.34. The van der Waals surface area contributed by atoms with Crippen LogP contribution in [0.15, 0.2) is 55.1 Å². The minimum Gasteiger partial charge on any atom is -0.437 e. The number of aromatic nitrogens is 4. The van der Waals surface area contributed by atoms with Crippen molar-refractivity contribution in [1.82, 2.24) is 24.8 Å². The maximum Gasteiger partial charge on any atom is 0.302 e. The lowest BCUT2D eigenvalue weighted by Crippen LogP contribution is -2.24. The number of hydrogen-bond donors (Lipinski definition) is 1. The lowest BCUT2D eigenvalue weighted by atomic mass is 10.1. The van der Waals surface area contributed by atoms with Gasteiger partial charge in [0.25, 0.3) is 0 Å². The lowest BCUT2D eigenvalue weighted by Gasteiger charge is -2.16. The smallest absolute Gasteiger partial charge is 0.302 e. The first-order chi connectivity index (χ1) is 17.3. The number of nitrogens with one attached hydrogen (secondary N) is 1. The summed E-state index contributed by atoms with van der Waals surface area (Å²) in [5, 5.41) is 4.14. The Kier molecular flexibility index (Phi) is 7.37. The van der Waals surface area contributed by atoms with E-state index in [0.717, 1.165) is 27.8 Å². The zero-order valence-electron chi connectivity index (χ0n) is 20.9. The molecular formula is C27H27N7O2. The molecule has 2 heterocycles. The fourth-order valence-corrected chi connectivity index (χ4v) is 3.35. The Hall–Kier alpha value is -4.55. The van der Waals surface area contributed by atoms with Crippen LogP contribution in [0.5, 0.6) is 11.6 Å². The molecule has 36 heavy (non-hydrogen) atoms. The first-order valence-electron chi connectivity index (χ1n) is 11.3. The summed E-state index contributed by atoms with van der Waals surface area (Å²) in [4.78, 5) is 33.2. The molecule has 4 aromatic rings. The van der Waals surface area contributed by atoms with Crippen LogP contribution in [0.1, 0.15) is 11.3 Å². The molecule has 0 aliphatic heterocycles. The molecule has 0 radical (unpaired) electrons. The van der Waals surface area contributed by atoms with Crippen LogP contribution in [-0.2, 0) is 4.79 Å². The molecule has 9 nitrogen and oxygen atoms in total. The maximum atomic E-state index is 12.5. The highest BCUT2D eigenvalue weighted by Crippen LogP contribution is 2.30. The summed E-state index contributed by atoms with van der Waals surface area (Å²) < 4.78 is 5.87. The first kappa shape index (κ1) is 24.6. The number of ether oxygens (including phenoxy) is 1. The number of benzene rings is 2. The number of amides is 1. The number of carbonyl (C=O) groups is 1. The summed E-state index contributed by atoms with van der Waals surface area (Å²) in [7, 11) is 5.51. The maximum absolute atomic E-state index is 12.5. The van der Waals surface area contributed by atoms with E-state index in [9.17, 15) is 4.79 Å². The van der Waals surface area contributed by atoms with Crippen molar-refractivity contribution < 1.29 is 9.53 Å². The average molecular weight is 482 g/mol. The van der Waals surface area contributed by atoms with Crippen molar-refractivity contribution in [1.29, 1.82) is 0 Å². The Morgan fingerprint density at radius 1 is 1.00 bits per heavy atom. The van der Waals surface area contributed by atoms with Crippen LogP contribution >= 0.6 is 0 Å². The second-order valence-corrected chi connectivity index (χ2v) is 8.53. The third-order valence-electron chi connectivity index (χ3n) is 5.31. The van der Waals surface area contributed by atoms with E-state index in [4.69, 9.17) is 4.74 Å². The molecule has 2 aromatic carbocycles. The topological polar surface area (TPSA) is 96.4 Å². The van der Waals surface area contributed by atoms with Gasteiger partial charge in [-0.3, -0.25) is 14.7 Å². The van der Waals surface area contributed by atoms with Crippen molar-refractivity contribution in [2.75, 3.05) is 37.9 Å². The summed E-state index contributed by atoms with van der Waals surface area (Å²) in [5.41, 5.74) is 4.03. The van der Waals surface area contributed by atoms with Gasteiger partial charge in [0.1, 0.15) is 17.9 Å². The highest BCUT2D eigenvalue weighted by molar-refractivity contribution is 6.06. The molecule has 0 aliphatic rings. The van der Waals surface area contributed by atoms with Gasteiger partial charge in [-0.15, -0.1) is 0 Å². The Morgan fingerprint density at radius 3 is 2.56 bits per heavy atom. The van der Waals surface area contributed by atoms with Crippen molar-refractivity contribution in [3.8, 4) is 23.5 Å². The number of fused-ring (bicyclic) bond motifs is 1. The van der Waals surface area contributed by atoms with Crippen molar-refractivity contribution in [3.05, 3.63) is 66.4 Å². The lowest BCUT2D eigenvalue weighted by molar-refractivity contribution is -0.113. The van der Waals surface area contributed by atoms with Crippen molar-refractivity contribution >= 4 is 34.0 Å². The Bertz CT molecular complexity index is 1460. The van der Waals surface area contributed by atoms with Gasteiger partial charge in [-0.1, -0.05) is 5.92 Å². The molecule has 0 fully saturated rings. The molecule has 0 bridgehead atoms. The number of rotatable bonds is 6. The van der Waals surface area contributed by atoms with Crippen LogP contribution in [0.2, 0.25) is 0 Å². The highest BCUT2D eigenvalue weighted by Gasteiger charge is 2.12. The molecule has 0 atom stereocenters. The summed E-state index contributed by atoms with van der Waals surface area (Å²) >= 11 is 0. The van der Waals surface area contributed by atoms with Gasteiger partial charge in [-0.05, 0) is 75.8 Å². The number of nitrogens with zero attached hydrogens (tertiary/aromatic N) is 6. The average Bonchev–Trinajstić information content (AvgIpc) is 2.86. The molecule has 2 aromatic heterocycles. The van der Waals surface area contributed by atoms with E-state index in [1.165, 1.54) is 11.2 Å². The molecule has 0 saturated heterocycles. The van der Waals surface area contributed by atoms with E-state index in [1.807, 2.05) is 69.2 Å². The van der Waals surface area contributed by atoms with Gasteiger partial charge in [0, 0.05) is 23.8 Å². The molecule has 0 aliphatic carbocycles. The van der Waals surface area contributed by atoms with Crippen LogP contribution in [0.25, 0.3) is 10.9 Å². The number of anilines is 3. The zero-order chi connectivity index (χ0) is 25.7. The van der Waals surface area contributed by atoms with E-state index >= 15 is 0 Å². The van der Waals surface area contributed by atoms with Crippen LogP contribution in [0, 0.1) is 25.7 Å². The SMILES string of the molecule is Cc1cnc(Oc2ccc(Nc3ncnc4ccc(N(C)C(=O)C#CCN(C)C)cc34)cc2C)cn1. The largest absolute Gasteiger partial charge is 0.437 e. The highest BCUT2D eigenvalue weighted by atomic mass is 16.5. The number of carbonyl (C=O) groups excluding carboxylic acids is 1. The van der Waals surface area contributed by atoms with Gasteiger partial charge in [-0.2, -0.15) is 0 Å². The third-order valence-corrected chi connectivity index (χ3v) is 5.31. The van der Waals surface area contributed by atoms with Gasteiger partial charge in [0.2, 0.25) is 5.88 Å². The second-order valence-electron chi connectivity index (χ2n) is 8.53. The summed E-state index contributed by atoms with van der Waals surface area (Å²) in [5.74, 6) is 7.01. The Morgan fingerprint density at radius 2 is 1.83 bits per heavy atom. The van der Waals surface area contributed by atoms with Crippen LogP contribution in [0.4, 0.5) is 17.2 Å². The monoisotopic (exact) mass is 481 g/mol. The molecule has 0 unspecified atom stereocenters. The summed E-state index contributed by atoms with van der Waals surface area (Å²) in [6.07, 6.45) is 4.77. The third kappa shape index (κ3) is 5.92. The molecular weight excluding hydrogens is 454 g/mol. The number of aryl methyl sites for hydroxylation is 2. The molecule has 0 saturated carbocycles. The fraction of sp³-hybridized carbons (Fsp3) is 0.222. The Balaban J connectivity index is 1.56. The van der Waals surface area contributed by atoms with Gasteiger partial charge in [-0.25, -0.2) is 15.0 Å². The van der Waals surface area contributed by atoms with Crippen LogP contribution < -0.4 is 15.0 Å². The normalized spacial score (nSPS) is 10.6. The van der Waals surface area contributed by atoms with E-state index in [1.54, 1.807) is 19.4 Å². The molecule has 9 heteroatoms. The van der Waals surface area contributed by atoms with Crippen LogP contribution in [-0.4, -0.2) is 58.4 Å². The standard InChI is InChI=1S/C27H27N7O2/c1-18-13-20(8-11-24(18)36-25-16-28-19(2)15-29-25)32-27-22-14-21(9-10-23(22)30-17-31-27)34(5)26(35)7-6-12-33(3)4/h8-11,13-17H,12H2,1-5H3,(H,30,31,32). The van der Waals surface area contributed by atoms with Crippen molar-refractivity contribution in [2.45, 2.75) is 13.8 Å². The van der Waals surface area contributed by atoms with Gasteiger partial charge in [0.15, 0.2) is 0 Å². The quantitative estimate of drug-likeness (QED) is 0.411. The predicted octanol–water partition coefficient (Wildman–Crippen LogP) is 4.10. The molecule has 1 amide bonds. The predicted molar refractivity (Wildman–Crippen MR) is 141 cm³/mol. The summed E-state index contributed by atoms with van der Waals surface area (Å²) in [6, 6.07) is 11.3. The second kappa shape index (κ2) is 10.8. The zero-order valence-corrected chi connectivity index (χ0v) is 20.9. The fourth-order valence-electron chi connectivity index (χ4n) is 3.35. The van der Waals surface area contributed by atoms with E-state index in [0.29, 0.717) is 29.7 Å². The molecule has 0 spiro atoms. The van der Waals surface area contributed by atoms with Gasteiger partial charge < -0.3 is 15.0 Å². The van der Waals surface area contributed by atoms with E-state index in [2.05, 4.69) is 37.1 Å². The minimum absolute atomic E-state index is 0.285. The first-order valence-corrected chi connectivity index (χ1v) is 11.3. The van der Waals surface area contributed by atoms with Gasteiger partial charge in [0.05, 0.1) is 30.1 Å². The minimum atomic E-state index is -0.285. The van der Waals surface area contributed by atoms with E-state index < -0.39 is 0 Å². The van der Waals surface area contributed by atoms with Crippen molar-refractivity contribution in [3.63, 3.8) is 0 Å². The Labute approximate surface area is 210 Å². The molecule has 182 valence electrons. The number of hydrogen-bond acceptors (Lipinski definition) is 8. The van der Waals surface area contributed by atoms with Gasteiger partial charge >= 0.3 is 5.91 Å². The molecule has 4 rings (SSSR count). The van der Waals surface area contributed by atoms with E-state index in [-0.39, 0.29) is 5.91 Å². The van der Waals surface area contributed by atoms with Crippen molar-refractivity contribution in [2.24, 2.45) is 0 Å².